The van der Waals surface area contributed by atoms with Crippen molar-refractivity contribution >= 4 is 34.7 Å². The van der Waals surface area contributed by atoms with Crippen LogP contribution in [0.1, 0.15) is 11.3 Å². The molecule has 0 aliphatic heterocycles. The lowest BCUT2D eigenvalue weighted by molar-refractivity contribution is 0.262. The Hall–Kier alpha value is -3.51. The zero-order valence-electron chi connectivity index (χ0n) is 16.1. The molecular weight excluding hydrogens is 388 g/mol. The number of ether oxygens (including phenoxy) is 1. The average Bonchev–Trinajstić information content (AvgIpc) is 2.72. The first-order valence-electron chi connectivity index (χ1n) is 8.90. The van der Waals surface area contributed by atoms with E-state index in [1.807, 2.05) is 13.0 Å². The van der Waals surface area contributed by atoms with Gasteiger partial charge < -0.3 is 20.7 Å². The summed E-state index contributed by atoms with van der Waals surface area (Å²) in [7, 11) is 1.79. The highest BCUT2D eigenvalue weighted by atomic mass is 35.5. The Labute approximate surface area is 174 Å². The third kappa shape index (κ3) is 5.49. The molecule has 0 radical (unpaired) electrons. The van der Waals surface area contributed by atoms with Crippen LogP contribution in [0.3, 0.4) is 0 Å². The molecule has 1 aromatic heterocycles. The number of halogens is 1. The predicted octanol–water partition coefficient (Wildman–Crippen LogP) is 5.67. The van der Waals surface area contributed by atoms with Gasteiger partial charge in [-0.2, -0.15) is 0 Å². The number of amides is 2. The van der Waals surface area contributed by atoms with E-state index in [0.29, 0.717) is 39.3 Å². The normalized spacial score (nSPS) is 10.2. The van der Waals surface area contributed by atoms with E-state index in [9.17, 15) is 4.79 Å². The molecule has 0 aliphatic carbocycles. The van der Waals surface area contributed by atoms with Crippen LogP contribution < -0.4 is 20.7 Å². The summed E-state index contributed by atoms with van der Waals surface area (Å²) < 4.78 is 5.84. The van der Waals surface area contributed by atoms with Crippen molar-refractivity contribution in [2.24, 2.45) is 0 Å². The first kappa shape index (κ1) is 20.2. The van der Waals surface area contributed by atoms with Gasteiger partial charge in [0.15, 0.2) is 0 Å². The number of anilines is 2. The molecule has 29 heavy (non-hydrogen) atoms. The van der Waals surface area contributed by atoms with Crippen molar-refractivity contribution < 1.29 is 9.53 Å². The van der Waals surface area contributed by atoms with Crippen molar-refractivity contribution in [2.75, 3.05) is 17.7 Å². The Morgan fingerprint density at radius 1 is 1.00 bits per heavy atom. The molecule has 2 amide bonds. The summed E-state index contributed by atoms with van der Waals surface area (Å²) in [5, 5.41) is 9.16. The minimum absolute atomic E-state index is 0.343. The van der Waals surface area contributed by atoms with Crippen molar-refractivity contribution in [1.29, 1.82) is 0 Å². The van der Waals surface area contributed by atoms with E-state index in [2.05, 4.69) is 27.5 Å². The smallest absolute Gasteiger partial charge is 0.323 e. The van der Waals surface area contributed by atoms with Gasteiger partial charge in [0.25, 0.3) is 0 Å². The largest absolute Gasteiger partial charge is 0.457 e. The third-order valence-electron chi connectivity index (χ3n) is 4.11. The maximum atomic E-state index is 12.2. The molecule has 0 fully saturated rings. The van der Waals surface area contributed by atoms with Crippen molar-refractivity contribution in [3.63, 3.8) is 0 Å². The monoisotopic (exact) mass is 408 g/mol. The van der Waals surface area contributed by atoms with E-state index in [1.54, 1.807) is 61.8 Å². The molecule has 0 saturated heterocycles. The summed E-state index contributed by atoms with van der Waals surface area (Å²) in [6.07, 6.45) is 1.66. The lowest BCUT2D eigenvalue weighted by Gasteiger charge is -2.11. The number of carbonyl (C=O) groups is 1. The maximum Gasteiger partial charge on any atom is 0.323 e. The number of carbonyl (C=O) groups excluding carboxylic acids is 1. The van der Waals surface area contributed by atoms with Crippen LogP contribution in [-0.2, 0) is 0 Å². The van der Waals surface area contributed by atoms with E-state index in [1.165, 1.54) is 0 Å². The SMILES string of the molecule is C=C(NC)c1cc(Oc2ccc(NC(=O)Nc3ccc(Cl)c(C)c3)cc2)ccn1. The zero-order valence-corrected chi connectivity index (χ0v) is 16.9. The Kier molecular flexibility index (Phi) is 6.36. The Morgan fingerprint density at radius 3 is 2.38 bits per heavy atom. The molecule has 0 aliphatic rings. The van der Waals surface area contributed by atoms with Crippen molar-refractivity contribution in [3.8, 4) is 11.5 Å². The van der Waals surface area contributed by atoms with Crippen LogP contribution in [0.2, 0.25) is 5.02 Å². The van der Waals surface area contributed by atoms with Crippen LogP contribution in [0, 0.1) is 6.92 Å². The summed E-state index contributed by atoms with van der Waals surface area (Å²) >= 11 is 6.00. The number of aryl methyl sites for hydroxylation is 1. The van der Waals surface area contributed by atoms with Crippen molar-refractivity contribution in [2.45, 2.75) is 6.92 Å². The fourth-order valence-corrected chi connectivity index (χ4v) is 2.64. The van der Waals surface area contributed by atoms with Crippen LogP contribution in [0.25, 0.3) is 5.70 Å². The number of aromatic nitrogens is 1. The Balaban J connectivity index is 1.60. The molecular formula is C22H21ClN4O2. The van der Waals surface area contributed by atoms with Crippen LogP contribution in [-0.4, -0.2) is 18.1 Å². The number of benzene rings is 2. The molecule has 1 heterocycles. The number of hydrogen-bond donors (Lipinski definition) is 3. The number of nitrogens with one attached hydrogen (secondary N) is 3. The molecule has 0 bridgehead atoms. The van der Waals surface area contributed by atoms with E-state index in [4.69, 9.17) is 16.3 Å². The van der Waals surface area contributed by atoms with Crippen molar-refractivity contribution in [3.05, 3.63) is 83.7 Å². The highest BCUT2D eigenvalue weighted by Crippen LogP contribution is 2.24. The molecule has 148 valence electrons. The van der Waals surface area contributed by atoms with Gasteiger partial charge in [-0.1, -0.05) is 18.2 Å². The van der Waals surface area contributed by atoms with Crippen LogP contribution in [0.4, 0.5) is 16.2 Å². The standard InChI is InChI=1S/C22H21ClN4O2/c1-14-12-17(6-9-20(14)23)27-22(28)26-16-4-7-18(8-5-16)29-19-10-11-25-21(13-19)15(2)24-3/h4-13,24H,2H2,1,3H3,(H2,26,27,28). The number of urea groups is 1. The van der Waals surface area contributed by atoms with Crippen LogP contribution in [0.5, 0.6) is 11.5 Å². The summed E-state index contributed by atoms with van der Waals surface area (Å²) in [4.78, 5) is 16.4. The quantitative estimate of drug-likeness (QED) is 0.491. The Bertz CT molecular complexity index is 1040. The fraction of sp³-hybridized carbons (Fsp3) is 0.0909. The maximum absolute atomic E-state index is 12.2. The first-order valence-corrected chi connectivity index (χ1v) is 9.27. The second-order valence-corrected chi connectivity index (χ2v) is 6.68. The number of hydrogen-bond acceptors (Lipinski definition) is 4. The minimum atomic E-state index is -0.343. The number of nitrogens with zero attached hydrogens (tertiary/aromatic N) is 1. The second kappa shape index (κ2) is 9.12. The van der Waals surface area contributed by atoms with E-state index in [-0.39, 0.29) is 6.03 Å². The van der Waals surface area contributed by atoms with Gasteiger partial charge in [0.1, 0.15) is 11.5 Å². The average molecular weight is 409 g/mol. The molecule has 0 spiro atoms. The van der Waals surface area contributed by atoms with Gasteiger partial charge in [-0.25, -0.2) is 4.79 Å². The zero-order chi connectivity index (χ0) is 20.8. The molecule has 3 N–H and O–H groups in total. The molecule has 0 unspecified atom stereocenters. The van der Waals surface area contributed by atoms with Crippen molar-refractivity contribution in [1.82, 2.24) is 10.3 Å². The number of pyridine rings is 1. The highest BCUT2D eigenvalue weighted by molar-refractivity contribution is 6.31. The third-order valence-corrected chi connectivity index (χ3v) is 4.53. The molecule has 7 heteroatoms. The lowest BCUT2D eigenvalue weighted by Crippen LogP contribution is -2.19. The summed E-state index contributed by atoms with van der Waals surface area (Å²) in [6.45, 7) is 5.77. The van der Waals surface area contributed by atoms with E-state index < -0.39 is 0 Å². The lowest BCUT2D eigenvalue weighted by atomic mass is 10.2. The minimum Gasteiger partial charge on any atom is -0.457 e. The molecule has 0 atom stereocenters. The van der Waals surface area contributed by atoms with Gasteiger partial charge in [0, 0.05) is 35.7 Å². The number of rotatable bonds is 6. The van der Waals surface area contributed by atoms with Gasteiger partial charge in [0.05, 0.1) is 11.4 Å². The summed E-state index contributed by atoms with van der Waals surface area (Å²) in [5.41, 5.74) is 3.61. The van der Waals surface area contributed by atoms with Crippen LogP contribution >= 0.6 is 11.6 Å². The second-order valence-electron chi connectivity index (χ2n) is 6.27. The van der Waals surface area contributed by atoms with Gasteiger partial charge in [-0.05, 0) is 61.0 Å². The summed E-state index contributed by atoms with van der Waals surface area (Å²) in [6, 6.07) is 15.6. The van der Waals surface area contributed by atoms with Gasteiger partial charge in [-0.15, -0.1) is 0 Å². The molecule has 6 nitrogen and oxygen atoms in total. The molecule has 2 aromatic carbocycles. The fourth-order valence-electron chi connectivity index (χ4n) is 2.53. The first-order chi connectivity index (χ1) is 13.9. The van der Waals surface area contributed by atoms with E-state index in [0.717, 1.165) is 5.56 Å². The Morgan fingerprint density at radius 2 is 1.69 bits per heavy atom. The van der Waals surface area contributed by atoms with Gasteiger partial charge in [-0.3, -0.25) is 4.98 Å². The molecule has 3 aromatic rings. The highest BCUT2D eigenvalue weighted by Gasteiger charge is 2.06. The predicted molar refractivity (Wildman–Crippen MR) is 118 cm³/mol. The van der Waals surface area contributed by atoms with E-state index >= 15 is 0 Å². The van der Waals surface area contributed by atoms with Gasteiger partial charge >= 0.3 is 6.03 Å². The summed E-state index contributed by atoms with van der Waals surface area (Å²) in [5.74, 6) is 1.28. The van der Waals surface area contributed by atoms with Crippen LogP contribution in [0.15, 0.2) is 67.4 Å². The van der Waals surface area contributed by atoms with Gasteiger partial charge in [0.2, 0.25) is 0 Å². The molecule has 3 rings (SSSR count). The topological polar surface area (TPSA) is 75.3 Å². The molecule has 0 saturated carbocycles.